The zero-order valence-corrected chi connectivity index (χ0v) is 22.9. The average Bonchev–Trinajstić information content (AvgIpc) is 2.91. The van der Waals surface area contributed by atoms with E-state index in [2.05, 4.69) is 20.8 Å². The van der Waals surface area contributed by atoms with Gasteiger partial charge in [0.15, 0.2) is 9.84 Å². The second kappa shape index (κ2) is 12.1. The lowest BCUT2D eigenvalue weighted by molar-refractivity contribution is 0.0696. The van der Waals surface area contributed by atoms with Crippen molar-refractivity contribution in [3.63, 3.8) is 0 Å². The van der Waals surface area contributed by atoms with Gasteiger partial charge in [-0.05, 0) is 66.5 Å². The van der Waals surface area contributed by atoms with E-state index in [9.17, 15) is 18.3 Å². The normalized spacial score (nSPS) is 16.7. The molecule has 0 saturated carbocycles. The monoisotopic (exact) mass is 512 g/mol. The number of benzene rings is 2. The van der Waals surface area contributed by atoms with Crippen LogP contribution in [0.2, 0.25) is 0 Å². The van der Waals surface area contributed by atoms with E-state index >= 15 is 0 Å². The van der Waals surface area contributed by atoms with Crippen LogP contribution in [0.15, 0.2) is 41.3 Å². The van der Waals surface area contributed by atoms with Crippen LogP contribution in [0.3, 0.4) is 0 Å². The Labute approximate surface area is 216 Å². The molecule has 1 aliphatic rings. The summed E-state index contributed by atoms with van der Waals surface area (Å²) in [7, 11) is -3.41. The third-order valence-corrected chi connectivity index (χ3v) is 8.94. The molecule has 0 spiro atoms. The number of hydrogen-bond donors (Lipinski definition) is 1. The summed E-state index contributed by atoms with van der Waals surface area (Å²) in [5.74, 6) is -0.297. The lowest BCUT2D eigenvalue weighted by Crippen LogP contribution is -2.18. The number of carbonyl (C=O) groups is 1. The smallest absolute Gasteiger partial charge is 0.336 e. The molecule has 0 amide bonds. The van der Waals surface area contributed by atoms with Crippen molar-refractivity contribution in [2.45, 2.75) is 89.4 Å². The summed E-state index contributed by atoms with van der Waals surface area (Å²) >= 11 is 0. The van der Waals surface area contributed by atoms with Gasteiger partial charge >= 0.3 is 5.97 Å². The number of ether oxygens (including phenoxy) is 1. The van der Waals surface area contributed by atoms with Crippen LogP contribution < -0.4 is 4.74 Å². The van der Waals surface area contributed by atoms with Gasteiger partial charge < -0.3 is 9.84 Å². The molecule has 36 heavy (non-hydrogen) atoms. The van der Waals surface area contributed by atoms with Crippen molar-refractivity contribution in [1.29, 1.82) is 0 Å². The Hall–Kier alpha value is -2.60. The highest BCUT2D eigenvalue weighted by atomic mass is 32.2. The van der Waals surface area contributed by atoms with E-state index < -0.39 is 15.8 Å². The fourth-order valence-corrected chi connectivity index (χ4v) is 6.62. The van der Waals surface area contributed by atoms with Gasteiger partial charge in [0.1, 0.15) is 5.75 Å². The van der Waals surface area contributed by atoms with Crippen LogP contribution in [0.4, 0.5) is 0 Å². The molecule has 0 atom stereocenters. The van der Waals surface area contributed by atoms with Crippen LogP contribution >= 0.6 is 0 Å². The fourth-order valence-electron chi connectivity index (χ4n) is 4.92. The quantitative estimate of drug-likeness (QED) is 0.249. The first kappa shape index (κ1) is 28.0. The molecule has 6 heteroatoms. The number of carboxylic acid groups (broad SMARTS) is 1. The highest BCUT2D eigenvalue weighted by Crippen LogP contribution is 2.42. The maximum atomic E-state index is 13.2. The molecule has 2 aromatic rings. The van der Waals surface area contributed by atoms with Crippen LogP contribution in [0.25, 0.3) is 11.6 Å². The van der Waals surface area contributed by atoms with E-state index in [1.807, 2.05) is 25.1 Å². The Kier molecular flexibility index (Phi) is 9.40. The predicted octanol–water partition coefficient (Wildman–Crippen LogP) is 7.53. The third kappa shape index (κ3) is 6.78. The molecule has 0 unspecified atom stereocenters. The van der Waals surface area contributed by atoms with Crippen molar-refractivity contribution < 1.29 is 23.1 Å². The molecule has 0 radical (unpaired) electrons. The number of rotatable bonds is 11. The van der Waals surface area contributed by atoms with Crippen molar-refractivity contribution in [2.24, 2.45) is 0 Å². The molecular weight excluding hydrogens is 472 g/mol. The lowest BCUT2D eigenvalue weighted by Gasteiger charge is -2.26. The topological polar surface area (TPSA) is 80.7 Å². The molecule has 1 N–H and O–H groups in total. The van der Waals surface area contributed by atoms with E-state index in [1.165, 1.54) is 25.7 Å². The Balaban J connectivity index is 2.04. The third-order valence-electron chi connectivity index (χ3n) is 7.10. The van der Waals surface area contributed by atoms with Crippen LogP contribution in [0.1, 0.15) is 106 Å². The molecule has 1 aliphatic heterocycles. The van der Waals surface area contributed by atoms with Crippen molar-refractivity contribution in [3.8, 4) is 5.75 Å². The summed E-state index contributed by atoms with van der Waals surface area (Å²) in [6, 6.07) is 10.6. The van der Waals surface area contributed by atoms with E-state index in [-0.39, 0.29) is 16.7 Å². The van der Waals surface area contributed by atoms with Crippen molar-refractivity contribution >= 4 is 27.5 Å². The molecule has 1 heterocycles. The van der Waals surface area contributed by atoms with Gasteiger partial charge in [-0.3, -0.25) is 0 Å². The molecule has 196 valence electrons. The molecule has 3 rings (SSSR count). The van der Waals surface area contributed by atoms with Crippen LogP contribution in [0.5, 0.6) is 5.75 Å². The van der Waals surface area contributed by atoms with E-state index in [4.69, 9.17) is 4.74 Å². The van der Waals surface area contributed by atoms with Gasteiger partial charge in [0.2, 0.25) is 0 Å². The summed E-state index contributed by atoms with van der Waals surface area (Å²) in [6.45, 7) is 8.82. The van der Waals surface area contributed by atoms with E-state index in [0.717, 1.165) is 36.0 Å². The maximum Gasteiger partial charge on any atom is 0.336 e. The summed E-state index contributed by atoms with van der Waals surface area (Å²) in [5, 5.41) is 9.62. The molecule has 0 aromatic heterocycles. The minimum absolute atomic E-state index is 0.139. The van der Waals surface area contributed by atoms with Gasteiger partial charge in [0.05, 0.1) is 22.8 Å². The molecule has 5 nitrogen and oxygen atoms in total. The molecule has 0 bridgehead atoms. The number of aromatic carboxylic acids is 1. The van der Waals surface area contributed by atoms with Gasteiger partial charge in [0.25, 0.3) is 0 Å². The Morgan fingerprint density at radius 1 is 1.06 bits per heavy atom. The summed E-state index contributed by atoms with van der Waals surface area (Å²) < 4.78 is 32.6. The Morgan fingerprint density at radius 3 is 2.47 bits per heavy atom. The molecule has 0 aliphatic carbocycles. The van der Waals surface area contributed by atoms with Crippen molar-refractivity contribution in [1.82, 2.24) is 0 Å². The van der Waals surface area contributed by atoms with Crippen LogP contribution in [-0.4, -0.2) is 31.9 Å². The van der Waals surface area contributed by atoms with E-state index in [0.29, 0.717) is 29.2 Å². The standard InChI is InChI=1S/C30H40O5S/c1-5-6-7-8-9-12-17-35-27-21-28-26(30(3,4)16-13-18-36(28,33)34)20-25(27)22(2)19-23-14-10-11-15-24(23)29(31)32/h10-11,14-15,19-21H,5-9,12-13,16-18H2,1-4H3,(H,31,32). The first-order chi connectivity index (χ1) is 17.1. The van der Waals surface area contributed by atoms with E-state index in [1.54, 1.807) is 24.3 Å². The molecule has 0 saturated heterocycles. The average molecular weight is 513 g/mol. The van der Waals surface area contributed by atoms with Gasteiger partial charge in [-0.2, -0.15) is 0 Å². The highest BCUT2D eigenvalue weighted by Gasteiger charge is 2.34. The first-order valence-corrected chi connectivity index (χ1v) is 14.8. The number of sulfone groups is 1. The van der Waals surface area contributed by atoms with Crippen LogP contribution in [0, 0.1) is 0 Å². The number of hydrogen-bond acceptors (Lipinski definition) is 4. The van der Waals surface area contributed by atoms with Gasteiger partial charge in [-0.15, -0.1) is 0 Å². The number of carboxylic acids is 1. The largest absolute Gasteiger partial charge is 0.493 e. The number of unbranched alkanes of at least 4 members (excludes halogenated alkanes) is 5. The second-order valence-corrected chi connectivity index (χ2v) is 12.6. The number of fused-ring (bicyclic) bond motifs is 1. The zero-order valence-electron chi connectivity index (χ0n) is 22.1. The van der Waals surface area contributed by atoms with Gasteiger partial charge in [-0.25, -0.2) is 13.2 Å². The maximum absolute atomic E-state index is 13.2. The summed E-state index contributed by atoms with van der Waals surface area (Å²) in [6.07, 6.45) is 10.1. The Morgan fingerprint density at radius 2 is 1.75 bits per heavy atom. The summed E-state index contributed by atoms with van der Waals surface area (Å²) in [5.41, 5.74) is 2.98. The van der Waals surface area contributed by atoms with Crippen LogP contribution in [-0.2, 0) is 15.3 Å². The van der Waals surface area contributed by atoms with Gasteiger partial charge in [0, 0.05) is 5.56 Å². The van der Waals surface area contributed by atoms with Crippen molar-refractivity contribution in [2.75, 3.05) is 12.4 Å². The molecule has 0 fully saturated rings. The van der Waals surface area contributed by atoms with Crippen molar-refractivity contribution in [3.05, 3.63) is 58.7 Å². The Bertz CT molecular complexity index is 1210. The first-order valence-electron chi connectivity index (χ1n) is 13.1. The SMILES string of the molecule is CCCCCCCCOc1cc2c(cc1C(C)=Cc1ccccc1C(=O)O)C(C)(C)CCCS2(=O)=O. The highest BCUT2D eigenvalue weighted by molar-refractivity contribution is 7.91. The van der Waals surface area contributed by atoms with Gasteiger partial charge in [-0.1, -0.05) is 77.2 Å². The molecular formula is C30H40O5S. The number of allylic oxidation sites excluding steroid dienone is 1. The minimum atomic E-state index is -3.41. The second-order valence-electron chi connectivity index (χ2n) is 10.5. The fraction of sp³-hybridized carbons (Fsp3) is 0.500. The minimum Gasteiger partial charge on any atom is -0.493 e. The lowest BCUT2D eigenvalue weighted by atomic mass is 9.79. The summed E-state index contributed by atoms with van der Waals surface area (Å²) in [4.78, 5) is 12.1. The zero-order chi connectivity index (χ0) is 26.3. The predicted molar refractivity (Wildman–Crippen MR) is 147 cm³/mol. The molecule has 2 aromatic carbocycles.